The Kier molecular flexibility index (Phi) is 7.21. The highest BCUT2D eigenvalue weighted by Crippen LogP contribution is 2.32. The zero-order valence-corrected chi connectivity index (χ0v) is 17.2. The number of pyridine rings is 1. The second-order valence-electron chi connectivity index (χ2n) is 6.36. The van der Waals surface area contributed by atoms with Crippen LogP contribution in [0.1, 0.15) is 22.8 Å². The molecule has 1 aromatic heterocycles. The quantitative estimate of drug-likeness (QED) is 0.292. The fourth-order valence-corrected chi connectivity index (χ4v) is 2.58. The van der Waals surface area contributed by atoms with Gasteiger partial charge in [0.1, 0.15) is 6.20 Å². The van der Waals surface area contributed by atoms with Crippen LogP contribution in [-0.4, -0.2) is 33.6 Å². The molecule has 3 aromatic rings. The van der Waals surface area contributed by atoms with Gasteiger partial charge in [0.25, 0.3) is 17.3 Å². The standard InChI is InChI=1S/C21H17N5O7/c1-2-32-19-11-14(3-9-18(19)33-20-10-8-17(13-22-20)26(30)31)12-23-24-21(27)15-4-6-16(7-5-15)25(28)29/h3-13H,2H2,1H3,(H,24,27)/b23-12+. The van der Waals surface area contributed by atoms with Gasteiger partial charge in [-0.3, -0.25) is 25.0 Å². The number of nitrogens with zero attached hydrogens (tertiary/aromatic N) is 4. The van der Waals surface area contributed by atoms with Crippen molar-refractivity contribution < 1.29 is 24.1 Å². The van der Waals surface area contributed by atoms with E-state index in [2.05, 4.69) is 15.5 Å². The van der Waals surface area contributed by atoms with Crippen LogP contribution in [0.2, 0.25) is 0 Å². The second kappa shape index (κ2) is 10.4. The van der Waals surface area contributed by atoms with Crippen LogP contribution in [-0.2, 0) is 0 Å². The molecule has 0 aliphatic carbocycles. The zero-order valence-electron chi connectivity index (χ0n) is 17.2. The van der Waals surface area contributed by atoms with Crippen LogP contribution in [0.4, 0.5) is 11.4 Å². The number of aromatic nitrogens is 1. The number of hydrazone groups is 1. The molecule has 1 N–H and O–H groups in total. The van der Waals surface area contributed by atoms with Crippen LogP contribution in [0, 0.1) is 20.2 Å². The molecule has 0 radical (unpaired) electrons. The van der Waals surface area contributed by atoms with Crippen molar-refractivity contribution in [1.82, 2.24) is 10.4 Å². The first kappa shape index (κ1) is 22.8. The van der Waals surface area contributed by atoms with E-state index in [1.165, 1.54) is 42.6 Å². The second-order valence-corrected chi connectivity index (χ2v) is 6.36. The summed E-state index contributed by atoms with van der Waals surface area (Å²) >= 11 is 0. The van der Waals surface area contributed by atoms with Crippen molar-refractivity contribution >= 4 is 23.5 Å². The lowest BCUT2D eigenvalue weighted by molar-refractivity contribution is -0.385. The Balaban J connectivity index is 1.68. The number of benzene rings is 2. The lowest BCUT2D eigenvalue weighted by Crippen LogP contribution is -2.17. The van der Waals surface area contributed by atoms with Gasteiger partial charge in [0.2, 0.25) is 5.88 Å². The van der Waals surface area contributed by atoms with E-state index in [1.807, 2.05) is 0 Å². The van der Waals surface area contributed by atoms with E-state index in [0.29, 0.717) is 23.7 Å². The number of ether oxygens (including phenoxy) is 2. The molecule has 33 heavy (non-hydrogen) atoms. The third-order valence-electron chi connectivity index (χ3n) is 4.13. The van der Waals surface area contributed by atoms with E-state index in [9.17, 15) is 25.0 Å². The first-order valence-electron chi connectivity index (χ1n) is 9.50. The SMILES string of the molecule is CCOc1cc(/C=N/NC(=O)c2ccc([N+](=O)[O-])cc2)ccc1Oc1ccc([N+](=O)[O-])cn1. The average molecular weight is 451 g/mol. The molecule has 3 rings (SSSR count). The predicted octanol–water partition coefficient (Wildman–Crippen LogP) is 3.85. The van der Waals surface area contributed by atoms with Crippen LogP contribution in [0.25, 0.3) is 0 Å². The molecule has 0 atom stereocenters. The summed E-state index contributed by atoms with van der Waals surface area (Å²) in [4.78, 5) is 36.3. The molecular formula is C21H17N5O7. The summed E-state index contributed by atoms with van der Waals surface area (Å²) in [7, 11) is 0. The Morgan fingerprint density at radius 3 is 2.33 bits per heavy atom. The molecule has 0 aliphatic heterocycles. The number of nitro groups is 2. The molecule has 0 fully saturated rings. The van der Waals surface area contributed by atoms with Crippen LogP contribution in [0.3, 0.4) is 0 Å². The van der Waals surface area contributed by atoms with Gasteiger partial charge < -0.3 is 9.47 Å². The number of hydrogen-bond acceptors (Lipinski definition) is 9. The van der Waals surface area contributed by atoms with Gasteiger partial charge in [0.05, 0.1) is 22.7 Å². The van der Waals surface area contributed by atoms with E-state index in [1.54, 1.807) is 25.1 Å². The van der Waals surface area contributed by atoms with E-state index in [0.717, 1.165) is 6.20 Å². The molecule has 0 spiro atoms. The van der Waals surface area contributed by atoms with Crippen molar-refractivity contribution in [3.63, 3.8) is 0 Å². The molecule has 0 aliphatic rings. The maximum atomic E-state index is 12.1. The third kappa shape index (κ3) is 6.07. The summed E-state index contributed by atoms with van der Waals surface area (Å²) in [6.07, 6.45) is 2.48. The first-order chi connectivity index (χ1) is 15.9. The number of carbonyl (C=O) groups excluding carboxylic acids is 1. The summed E-state index contributed by atoms with van der Waals surface area (Å²) in [6, 6.07) is 12.7. The monoisotopic (exact) mass is 451 g/mol. The van der Waals surface area contributed by atoms with Gasteiger partial charge in [-0.05, 0) is 42.8 Å². The Bertz CT molecular complexity index is 1190. The molecule has 0 saturated heterocycles. The molecule has 0 saturated carbocycles. The molecule has 0 bridgehead atoms. The minimum atomic E-state index is -0.559. The highest BCUT2D eigenvalue weighted by Gasteiger charge is 2.11. The van der Waals surface area contributed by atoms with Gasteiger partial charge in [0, 0.05) is 29.8 Å². The number of hydrogen-bond donors (Lipinski definition) is 1. The Morgan fingerprint density at radius 2 is 1.73 bits per heavy atom. The lowest BCUT2D eigenvalue weighted by Gasteiger charge is -2.11. The maximum absolute atomic E-state index is 12.1. The van der Waals surface area contributed by atoms with E-state index < -0.39 is 15.8 Å². The highest BCUT2D eigenvalue weighted by atomic mass is 16.6. The van der Waals surface area contributed by atoms with Crippen molar-refractivity contribution in [2.24, 2.45) is 5.10 Å². The van der Waals surface area contributed by atoms with Gasteiger partial charge in [-0.15, -0.1) is 0 Å². The molecule has 12 nitrogen and oxygen atoms in total. The molecular weight excluding hydrogens is 434 g/mol. The fraction of sp³-hybridized carbons (Fsp3) is 0.0952. The number of rotatable bonds is 9. The van der Waals surface area contributed by atoms with Crippen molar-refractivity contribution in [1.29, 1.82) is 0 Å². The summed E-state index contributed by atoms with van der Waals surface area (Å²) in [5.41, 5.74) is 2.87. The average Bonchev–Trinajstić information content (AvgIpc) is 2.81. The van der Waals surface area contributed by atoms with Gasteiger partial charge in [-0.1, -0.05) is 0 Å². The highest BCUT2D eigenvalue weighted by molar-refractivity contribution is 5.95. The molecule has 1 heterocycles. The zero-order chi connectivity index (χ0) is 23.8. The molecule has 168 valence electrons. The summed E-state index contributed by atoms with van der Waals surface area (Å²) < 4.78 is 11.2. The van der Waals surface area contributed by atoms with E-state index in [-0.39, 0.29) is 22.8 Å². The molecule has 12 heteroatoms. The number of carbonyl (C=O) groups is 1. The Hall–Kier alpha value is -4.87. The van der Waals surface area contributed by atoms with E-state index in [4.69, 9.17) is 9.47 Å². The van der Waals surface area contributed by atoms with Gasteiger partial charge in [-0.25, -0.2) is 10.4 Å². The Morgan fingerprint density at radius 1 is 1.03 bits per heavy atom. The van der Waals surface area contributed by atoms with Crippen molar-refractivity contribution in [3.05, 3.63) is 92.1 Å². The maximum Gasteiger partial charge on any atom is 0.287 e. The minimum Gasteiger partial charge on any atom is -0.490 e. The summed E-state index contributed by atoms with van der Waals surface area (Å²) in [6.45, 7) is 2.14. The lowest BCUT2D eigenvalue weighted by atomic mass is 10.2. The number of non-ortho nitro benzene ring substituents is 1. The number of amides is 1. The van der Waals surface area contributed by atoms with Gasteiger partial charge in [0.15, 0.2) is 11.5 Å². The van der Waals surface area contributed by atoms with Gasteiger partial charge in [-0.2, -0.15) is 5.10 Å². The summed E-state index contributed by atoms with van der Waals surface area (Å²) in [5, 5.41) is 25.3. The van der Waals surface area contributed by atoms with Crippen molar-refractivity contribution in [2.45, 2.75) is 6.92 Å². The Labute approximate surface area is 186 Å². The van der Waals surface area contributed by atoms with Crippen LogP contribution in [0.15, 0.2) is 65.9 Å². The normalized spacial score (nSPS) is 10.6. The van der Waals surface area contributed by atoms with Crippen LogP contribution < -0.4 is 14.9 Å². The van der Waals surface area contributed by atoms with Crippen molar-refractivity contribution in [3.8, 4) is 17.4 Å². The molecule has 0 unspecified atom stereocenters. The fourth-order valence-electron chi connectivity index (χ4n) is 2.58. The predicted molar refractivity (Wildman–Crippen MR) is 117 cm³/mol. The molecule has 1 amide bonds. The van der Waals surface area contributed by atoms with Crippen LogP contribution >= 0.6 is 0 Å². The largest absolute Gasteiger partial charge is 0.490 e. The first-order valence-corrected chi connectivity index (χ1v) is 9.50. The van der Waals surface area contributed by atoms with Crippen molar-refractivity contribution in [2.75, 3.05) is 6.61 Å². The topological polar surface area (TPSA) is 159 Å². The smallest absolute Gasteiger partial charge is 0.287 e. The minimum absolute atomic E-state index is 0.121. The van der Waals surface area contributed by atoms with Crippen LogP contribution in [0.5, 0.6) is 17.4 Å². The van der Waals surface area contributed by atoms with E-state index >= 15 is 0 Å². The molecule has 2 aromatic carbocycles. The number of nitrogens with one attached hydrogen (secondary N) is 1. The summed E-state index contributed by atoms with van der Waals surface area (Å²) in [5.74, 6) is 0.335. The van der Waals surface area contributed by atoms with Gasteiger partial charge >= 0.3 is 0 Å². The number of nitro benzene ring substituents is 1. The third-order valence-corrected chi connectivity index (χ3v) is 4.13.